The molecule has 4 nitrogen and oxygen atoms in total. The molecule has 0 heterocycles. The molecule has 0 aliphatic carbocycles. The third kappa shape index (κ3) is 102. The molecule has 0 saturated heterocycles. The molecule has 0 atom stereocenters. The summed E-state index contributed by atoms with van der Waals surface area (Å²) in [4.78, 5) is 0. The molecule has 0 aromatic heterocycles. The van der Waals surface area contributed by atoms with Gasteiger partial charge in [-0.1, -0.05) is 0 Å². The van der Waals surface area contributed by atoms with Gasteiger partial charge in [-0.05, 0) is 0 Å². The molecule has 0 fully saturated rings. The van der Waals surface area contributed by atoms with Crippen LogP contribution in [0.3, 0.4) is 0 Å². The first-order valence-corrected chi connectivity index (χ1v) is 4.07. The van der Waals surface area contributed by atoms with Crippen LogP contribution in [0.15, 0.2) is 0 Å². The van der Waals surface area contributed by atoms with E-state index in [-0.39, 0.29) is 20.3 Å². The van der Waals surface area contributed by atoms with E-state index in [2.05, 4.69) is 0 Å². The summed E-state index contributed by atoms with van der Waals surface area (Å²) in [7, 11) is 0. The van der Waals surface area contributed by atoms with E-state index >= 15 is 0 Å². The minimum atomic E-state index is -5.12. The van der Waals surface area contributed by atoms with Gasteiger partial charge in [0.2, 0.25) is 0 Å². The fraction of sp³-hybridized carbons (Fsp3) is 0. The Bertz CT molecular complexity index is 57.8. The van der Waals surface area contributed by atoms with E-state index in [1.165, 1.54) is 0 Å². The van der Waals surface area contributed by atoms with Crippen molar-refractivity contribution in [3.8, 4) is 0 Å². The van der Waals surface area contributed by atoms with Crippen LogP contribution in [0.25, 0.3) is 0 Å². The Morgan fingerprint density at radius 1 is 1.33 bits per heavy atom. The minimum Gasteiger partial charge on any atom is -1.00 e. The van der Waals surface area contributed by atoms with E-state index in [0.717, 1.165) is 0 Å². The van der Waals surface area contributed by atoms with Gasteiger partial charge in [-0.2, -0.15) is 0 Å². The molecular weight excluding hydrogens is 146 g/mol. The van der Waals surface area contributed by atoms with Gasteiger partial charge in [-0.25, -0.2) is 0 Å². The summed E-state index contributed by atoms with van der Waals surface area (Å²) in [6.07, 6.45) is 0. The molecule has 0 unspecified atom stereocenters. The molecule has 0 aromatic rings. The molecular formula is H4AsLiO4. The van der Waals surface area contributed by atoms with Gasteiger partial charge in [0.05, 0.1) is 0 Å². The first kappa shape index (κ1) is 9.96. The Kier molecular flexibility index (Phi) is 4.85. The fourth-order valence-electron chi connectivity index (χ4n) is 0. The van der Waals surface area contributed by atoms with Crippen molar-refractivity contribution in [2.24, 2.45) is 0 Å². The molecule has 0 bridgehead atoms. The second-order valence-corrected chi connectivity index (χ2v) is 2.67. The predicted molar refractivity (Wildman–Crippen MR) is 14.2 cm³/mol. The van der Waals surface area contributed by atoms with Crippen LogP contribution in [-0.4, -0.2) is 26.8 Å². The van der Waals surface area contributed by atoms with Crippen LogP contribution >= 0.6 is 0 Å². The van der Waals surface area contributed by atoms with Gasteiger partial charge in [0.25, 0.3) is 0 Å². The fourth-order valence-corrected chi connectivity index (χ4v) is 0. The van der Waals surface area contributed by atoms with Gasteiger partial charge in [-0.15, -0.1) is 0 Å². The molecule has 34 valence electrons. The van der Waals surface area contributed by atoms with Crippen LogP contribution in [0, 0.1) is 0 Å². The normalized spacial score (nSPS) is 9.83. The second-order valence-electron chi connectivity index (χ2n) is 0.513. The van der Waals surface area contributed by atoms with Crippen molar-refractivity contribution in [1.82, 2.24) is 0 Å². The van der Waals surface area contributed by atoms with Crippen molar-refractivity contribution in [1.29, 1.82) is 0 Å². The summed E-state index contributed by atoms with van der Waals surface area (Å²) in [6.45, 7) is 0. The SMILES string of the molecule is O=[As](O)(O)O.[H-].[Li+]. The third-order valence-corrected chi connectivity index (χ3v) is 0. The van der Waals surface area contributed by atoms with Gasteiger partial charge in [-0.3, -0.25) is 0 Å². The number of hydrogen-bond acceptors (Lipinski definition) is 1. The van der Waals surface area contributed by atoms with Crippen LogP contribution in [0.5, 0.6) is 0 Å². The molecule has 0 rings (SSSR count). The van der Waals surface area contributed by atoms with Gasteiger partial charge >= 0.3 is 49.4 Å². The van der Waals surface area contributed by atoms with E-state index in [9.17, 15) is 0 Å². The molecule has 0 saturated carbocycles. The maximum absolute atomic E-state index is 8.94. The summed E-state index contributed by atoms with van der Waals surface area (Å²) < 4.78 is 30.7. The summed E-state index contributed by atoms with van der Waals surface area (Å²) in [6, 6.07) is 0. The maximum Gasteiger partial charge on any atom is 1.00 e. The standard InChI is InChI=1S/AsH3O4.Li.H/c2-1(3,4)5;;/h(H3,2,3,4,5);;/q;+1;-1. The van der Waals surface area contributed by atoms with Crippen LogP contribution in [0.2, 0.25) is 0 Å². The van der Waals surface area contributed by atoms with Crippen molar-refractivity contribution in [2.75, 3.05) is 0 Å². The van der Waals surface area contributed by atoms with Gasteiger partial charge < -0.3 is 1.43 Å². The zero-order valence-corrected chi connectivity index (χ0v) is 5.07. The number of hydrogen-bond donors (Lipinski definition) is 3. The molecule has 0 spiro atoms. The van der Waals surface area contributed by atoms with Crippen LogP contribution in [-0.2, 0) is 3.74 Å². The Labute approximate surface area is 51.2 Å². The smallest absolute Gasteiger partial charge is 1.00 e. The van der Waals surface area contributed by atoms with Crippen molar-refractivity contribution in [3.05, 3.63) is 0 Å². The molecule has 0 amide bonds. The average molecular weight is 150 g/mol. The molecule has 0 radical (unpaired) electrons. The number of rotatable bonds is 0. The molecule has 0 aliphatic rings. The first-order valence-electron chi connectivity index (χ1n) is 0.783. The van der Waals surface area contributed by atoms with E-state index in [1.807, 2.05) is 0 Å². The molecule has 6 heteroatoms. The maximum atomic E-state index is 8.94. The van der Waals surface area contributed by atoms with Crippen molar-refractivity contribution >= 4 is 14.5 Å². The Morgan fingerprint density at radius 2 is 1.33 bits per heavy atom. The van der Waals surface area contributed by atoms with Gasteiger partial charge in [0.1, 0.15) is 0 Å². The van der Waals surface area contributed by atoms with Crippen LogP contribution in [0.4, 0.5) is 0 Å². The van der Waals surface area contributed by atoms with E-state index in [4.69, 9.17) is 16.0 Å². The largest absolute Gasteiger partial charge is 1.00 e. The van der Waals surface area contributed by atoms with Crippen molar-refractivity contribution in [3.63, 3.8) is 0 Å². The monoisotopic (exact) mass is 150 g/mol. The summed E-state index contributed by atoms with van der Waals surface area (Å²) in [5.41, 5.74) is 0. The summed E-state index contributed by atoms with van der Waals surface area (Å²) in [5.74, 6) is 0. The quantitative estimate of drug-likeness (QED) is 0.302. The zero-order valence-electron chi connectivity index (χ0n) is 4.20. The van der Waals surface area contributed by atoms with Crippen molar-refractivity contribution < 1.29 is 36.3 Å². The minimum absolute atomic E-state index is 0. The Hall–Kier alpha value is 0.836. The van der Waals surface area contributed by atoms with Gasteiger partial charge in [0, 0.05) is 0 Å². The van der Waals surface area contributed by atoms with Crippen molar-refractivity contribution in [2.45, 2.75) is 0 Å². The van der Waals surface area contributed by atoms with Crippen LogP contribution < -0.4 is 18.9 Å². The molecule has 0 aliphatic heterocycles. The Morgan fingerprint density at radius 3 is 1.33 bits per heavy atom. The predicted octanol–water partition coefficient (Wildman–Crippen LogP) is -5.05. The zero-order chi connectivity index (χ0) is 4.50. The van der Waals surface area contributed by atoms with E-state index < -0.39 is 14.5 Å². The summed E-state index contributed by atoms with van der Waals surface area (Å²) in [5, 5.41) is 0. The van der Waals surface area contributed by atoms with E-state index in [0.29, 0.717) is 0 Å². The second kappa shape index (κ2) is 2.92. The molecule has 6 heavy (non-hydrogen) atoms. The molecule has 0 aromatic carbocycles. The average Bonchev–Trinajstić information content (AvgIpc) is 0.722. The molecule has 3 N–H and O–H groups in total. The Balaban J connectivity index is -0.0000000800. The van der Waals surface area contributed by atoms with E-state index in [1.54, 1.807) is 0 Å². The van der Waals surface area contributed by atoms with Crippen LogP contribution in [0.1, 0.15) is 1.43 Å². The summed E-state index contributed by atoms with van der Waals surface area (Å²) >= 11 is -5.12. The topological polar surface area (TPSA) is 77.8 Å². The third-order valence-electron chi connectivity index (χ3n) is 0. The first-order chi connectivity index (χ1) is 2.00. The van der Waals surface area contributed by atoms with Gasteiger partial charge in [0.15, 0.2) is 0 Å².